The molecule has 96 valence electrons. The van der Waals surface area contributed by atoms with Gasteiger partial charge in [0.05, 0.1) is 12.7 Å². The van der Waals surface area contributed by atoms with E-state index in [1.165, 1.54) is 18.9 Å². The standard InChI is InChI=1S/C13H14O4S/c1-7-8(13(15)17-3)4-5-9-10(14)6-11(16-2)18-12(7)9/h4-5,11H,6H2,1-3H3. The van der Waals surface area contributed by atoms with Crippen LogP contribution < -0.4 is 0 Å². The molecule has 1 aliphatic heterocycles. The van der Waals surface area contributed by atoms with Crippen LogP contribution in [-0.4, -0.2) is 31.4 Å². The molecule has 2 rings (SSSR count). The summed E-state index contributed by atoms with van der Waals surface area (Å²) in [6.07, 6.45) is 0.366. The first kappa shape index (κ1) is 13.1. The van der Waals surface area contributed by atoms with Crippen LogP contribution in [0.25, 0.3) is 0 Å². The second-order valence-corrected chi connectivity index (χ2v) is 5.19. The quantitative estimate of drug-likeness (QED) is 0.769. The molecule has 0 bridgehead atoms. The Bertz CT molecular complexity index is 510. The number of hydrogen-bond donors (Lipinski definition) is 0. The first-order valence-corrected chi connectivity index (χ1v) is 6.41. The van der Waals surface area contributed by atoms with Crippen molar-refractivity contribution in [2.75, 3.05) is 14.2 Å². The lowest BCUT2D eigenvalue weighted by Gasteiger charge is -2.24. The first-order chi connectivity index (χ1) is 8.58. The van der Waals surface area contributed by atoms with Crippen LogP contribution >= 0.6 is 11.8 Å². The van der Waals surface area contributed by atoms with Gasteiger partial charge in [0, 0.05) is 24.0 Å². The van der Waals surface area contributed by atoms with Gasteiger partial charge in [0.15, 0.2) is 5.78 Å². The molecule has 1 atom stereocenters. The lowest BCUT2D eigenvalue weighted by atomic mass is 10.0. The predicted octanol–water partition coefficient (Wildman–Crippen LogP) is 2.43. The van der Waals surface area contributed by atoms with Gasteiger partial charge in [-0.15, -0.1) is 0 Å². The molecule has 0 amide bonds. The zero-order chi connectivity index (χ0) is 13.3. The highest BCUT2D eigenvalue weighted by Gasteiger charge is 2.28. The maximum atomic E-state index is 11.9. The van der Waals surface area contributed by atoms with Crippen molar-refractivity contribution in [2.24, 2.45) is 0 Å². The van der Waals surface area contributed by atoms with Crippen LogP contribution in [0.3, 0.4) is 0 Å². The van der Waals surface area contributed by atoms with Crippen LogP contribution in [0.1, 0.15) is 32.7 Å². The van der Waals surface area contributed by atoms with E-state index in [1.807, 2.05) is 6.92 Å². The van der Waals surface area contributed by atoms with Crippen molar-refractivity contribution in [2.45, 2.75) is 23.7 Å². The fraction of sp³-hybridized carbons (Fsp3) is 0.385. The summed E-state index contributed by atoms with van der Waals surface area (Å²) >= 11 is 1.48. The Labute approximate surface area is 110 Å². The number of carbonyl (C=O) groups is 2. The predicted molar refractivity (Wildman–Crippen MR) is 68.1 cm³/mol. The molecule has 0 saturated carbocycles. The Morgan fingerprint density at radius 1 is 1.39 bits per heavy atom. The molecule has 1 aromatic rings. The van der Waals surface area contributed by atoms with Crippen molar-refractivity contribution in [3.63, 3.8) is 0 Å². The molecule has 1 unspecified atom stereocenters. The van der Waals surface area contributed by atoms with E-state index in [9.17, 15) is 9.59 Å². The van der Waals surface area contributed by atoms with Crippen molar-refractivity contribution < 1.29 is 19.1 Å². The molecule has 0 aromatic heterocycles. The Hall–Kier alpha value is -1.33. The molecule has 0 fully saturated rings. The van der Waals surface area contributed by atoms with Crippen molar-refractivity contribution in [1.29, 1.82) is 0 Å². The van der Waals surface area contributed by atoms with Crippen molar-refractivity contribution in [3.8, 4) is 0 Å². The normalized spacial score (nSPS) is 18.4. The maximum Gasteiger partial charge on any atom is 0.338 e. The van der Waals surface area contributed by atoms with Crippen LogP contribution in [0.5, 0.6) is 0 Å². The smallest absolute Gasteiger partial charge is 0.338 e. The van der Waals surface area contributed by atoms with Crippen molar-refractivity contribution in [1.82, 2.24) is 0 Å². The van der Waals surface area contributed by atoms with Gasteiger partial charge in [-0.2, -0.15) is 0 Å². The summed E-state index contributed by atoms with van der Waals surface area (Å²) in [5.74, 6) is -0.335. The molecule has 0 aliphatic carbocycles. The summed E-state index contributed by atoms with van der Waals surface area (Å²) in [7, 11) is 2.92. The minimum absolute atomic E-state index is 0.0510. The average molecular weight is 266 g/mol. The molecule has 0 radical (unpaired) electrons. The fourth-order valence-electron chi connectivity index (χ4n) is 1.96. The number of hydrogen-bond acceptors (Lipinski definition) is 5. The van der Waals surface area contributed by atoms with Gasteiger partial charge in [-0.1, -0.05) is 11.8 Å². The number of ketones is 1. The minimum Gasteiger partial charge on any atom is -0.465 e. The molecular weight excluding hydrogens is 252 g/mol. The number of Topliss-reactive ketones (excluding diaryl/α,β-unsaturated/α-hetero) is 1. The van der Waals surface area contributed by atoms with E-state index < -0.39 is 0 Å². The third kappa shape index (κ3) is 2.15. The number of fused-ring (bicyclic) bond motifs is 1. The number of thioether (sulfide) groups is 1. The van der Waals surface area contributed by atoms with Crippen molar-refractivity contribution in [3.05, 3.63) is 28.8 Å². The molecule has 4 nitrogen and oxygen atoms in total. The second-order valence-electron chi connectivity index (χ2n) is 4.02. The van der Waals surface area contributed by atoms with Crippen LogP contribution in [-0.2, 0) is 9.47 Å². The number of rotatable bonds is 2. The first-order valence-electron chi connectivity index (χ1n) is 5.53. The van der Waals surface area contributed by atoms with Gasteiger partial charge in [0.2, 0.25) is 0 Å². The van der Waals surface area contributed by atoms with E-state index in [4.69, 9.17) is 9.47 Å². The topological polar surface area (TPSA) is 52.6 Å². The summed E-state index contributed by atoms with van der Waals surface area (Å²) in [5, 5.41) is 0. The third-order valence-electron chi connectivity index (χ3n) is 2.98. The zero-order valence-corrected chi connectivity index (χ0v) is 11.3. The molecular formula is C13H14O4S. The highest BCUT2D eigenvalue weighted by atomic mass is 32.2. The SMILES string of the molecule is COC(=O)c1ccc2c(c1C)SC(OC)CC2=O. The van der Waals surface area contributed by atoms with Gasteiger partial charge >= 0.3 is 5.97 Å². The number of methoxy groups -OCH3 is 2. The Morgan fingerprint density at radius 3 is 2.72 bits per heavy atom. The van der Waals surface area contributed by atoms with Crippen LogP contribution in [0.15, 0.2) is 17.0 Å². The average Bonchev–Trinajstić information content (AvgIpc) is 2.38. The van der Waals surface area contributed by atoms with E-state index in [0.29, 0.717) is 17.5 Å². The van der Waals surface area contributed by atoms with Gasteiger partial charge < -0.3 is 9.47 Å². The summed E-state index contributed by atoms with van der Waals surface area (Å²) in [4.78, 5) is 24.4. The van der Waals surface area contributed by atoms with E-state index >= 15 is 0 Å². The highest BCUT2D eigenvalue weighted by molar-refractivity contribution is 8.00. The van der Waals surface area contributed by atoms with Gasteiger partial charge in [-0.25, -0.2) is 4.79 Å². The number of benzene rings is 1. The minimum atomic E-state index is -0.386. The lowest BCUT2D eigenvalue weighted by Crippen LogP contribution is -2.20. The van der Waals surface area contributed by atoms with E-state index in [1.54, 1.807) is 19.2 Å². The monoisotopic (exact) mass is 266 g/mol. The largest absolute Gasteiger partial charge is 0.465 e. The molecule has 5 heteroatoms. The van der Waals surface area contributed by atoms with Crippen LogP contribution in [0.4, 0.5) is 0 Å². The molecule has 1 heterocycles. The molecule has 0 saturated heterocycles. The van der Waals surface area contributed by atoms with E-state index in [-0.39, 0.29) is 17.2 Å². The number of ether oxygens (including phenoxy) is 2. The highest BCUT2D eigenvalue weighted by Crippen LogP contribution is 2.38. The van der Waals surface area contributed by atoms with Gasteiger partial charge in [-0.3, -0.25) is 4.79 Å². The van der Waals surface area contributed by atoms with E-state index in [0.717, 1.165) is 10.5 Å². The summed E-state index contributed by atoms with van der Waals surface area (Å²) in [6, 6.07) is 3.33. The molecule has 1 aliphatic rings. The second kappa shape index (κ2) is 5.12. The molecule has 0 spiro atoms. The molecule has 1 aromatic carbocycles. The third-order valence-corrected chi connectivity index (χ3v) is 4.36. The lowest BCUT2D eigenvalue weighted by molar-refractivity contribution is 0.0598. The number of carbonyl (C=O) groups excluding carboxylic acids is 2. The van der Waals surface area contributed by atoms with Crippen LogP contribution in [0.2, 0.25) is 0 Å². The molecule has 18 heavy (non-hydrogen) atoms. The van der Waals surface area contributed by atoms with Crippen molar-refractivity contribution >= 4 is 23.5 Å². The van der Waals surface area contributed by atoms with Crippen LogP contribution in [0, 0.1) is 6.92 Å². The summed E-state index contributed by atoms with van der Waals surface area (Å²) in [5.41, 5.74) is 1.75. The van der Waals surface area contributed by atoms with E-state index in [2.05, 4.69) is 0 Å². The number of esters is 1. The summed E-state index contributed by atoms with van der Waals surface area (Å²) < 4.78 is 9.95. The molecule has 0 N–H and O–H groups in total. The maximum absolute atomic E-state index is 11.9. The van der Waals surface area contributed by atoms with Gasteiger partial charge in [0.25, 0.3) is 0 Å². The van der Waals surface area contributed by atoms with Gasteiger partial charge in [0.1, 0.15) is 5.44 Å². The Kier molecular flexibility index (Phi) is 3.73. The Morgan fingerprint density at radius 2 is 2.11 bits per heavy atom. The fourth-order valence-corrected chi connectivity index (χ4v) is 3.15. The summed E-state index contributed by atoms with van der Waals surface area (Å²) in [6.45, 7) is 1.82. The Balaban J connectivity index is 2.50. The van der Waals surface area contributed by atoms with Gasteiger partial charge in [-0.05, 0) is 24.6 Å². The zero-order valence-electron chi connectivity index (χ0n) is 10.5.